The van der Waals surface area contributed by atoms with Crippen LogP contribution in [0.4, 0.5) is 0 Å². The fourth-order valence-corrected chi connectivity index (χ4v) is 3.94. The topological polar surface area (TPSA) is 63.0 Å². The number of amides is 2. The van der Waals surface area contributed by atoms with E-state index in [4.69, 9.17) is 9.15 Å². The number of hydrogen-bond donors (Lipinski definition) is 0. The van der Waals surface area contributed by atoms with E-state index in [0.717, 1.165) is 43.7 Å². The van der Waals surface area contributed by atoms with Gasteiger partial charge >= 0.3 is 0 Å². The molecule has 2 saturated heterocycles. The molecule has 2 aliphatic heterocycles. The third-order valence-corrected chi connectivity index (χ3v) is 5.51. The van der Waals surface area contributed by atoms with Crippen LogP contribution < -0.4 is 0 Å². The van der Waals surface area contributed by atoms with E-state index < -0.39 is 0 Å². The molecule has 6 nitrogen and oxygen atoms in total. The third-order valence-electron chi connectivity index (χ3n) is 5.51. The first kappa shape index (κ1) is 16.6. The van der Waals surface area contributed by atoms with Crippen molar-refractivity contribution in [2.24, 2.45) is 11.8 Å². The monoisotopic (exact) mass is 346 g/mol. The van der Waals surface area contributed by atoms with Crippen molar-refractivity contribution in [3.63, 3.8) is 0 Å². The van der Waals surface area contributed by atoms with E-state index in [1.807, 2.05) is 28.9 Å². The predicted molar refractivity (Wildman–Crippen MR) is 90.7 cm³/mol. The maximum atomic E-state index is 13.2. The minimum Gasteiger partial charge on any atom is -0.464 e. The molecule has 2 amide bonds. The van der Waals surface area contributed by atoms with Gasteiger partial charge < -0.3 is 19.0 Å². The first-order chi connectivity index (χ1) is 12.1. The van der Waals surface area contributed by atoms with Crippen molar-refractivity contribution in [1.29, 1.82) is 0 Å². The van der Waals surface area contributed by atoms with Crippen LogP contribution in [0, 0.1) is 18.8 Å². The van der Waals surface area contributed by atoms with Crippen molar-refractivity contribution in [2.75, 3.05) is 32.8 Å². The largest absolute Gasteiger partial charge is 0.464 e. The second-order valence-corrected chi connectivity index (χ2v) is 7.47. The van der Waals surface area contributed by atoms with Gasteiger partial charge in [-0.15, -0.1) is 0 Å². The molecule has 1 aromatic rings. The van der Waals surface area contributed by atoms with E-state index in [1.165, 1.54) is 0 Å². The number of morpholine rings is 1. The first-order valence-corrected chi connectivity index (χ1v) is 9.37. The molecular formula is C19H26N2O4. The summed E-state index contributed by atoms with van der Waals surface area (Å²) in [5.74, 6) is 2.12. The summed E-state index contributed by atoms with van der Waals surface area (Å²) in [6, 6.07) is 3.69. The lowest BCUT2D eigenvalue weighted by molar-refractivity contribution is -0.149. The van der Waals surface area contributed by atoms with Crippen LogP contribution in [-0.2, 0) is 14.3 Å². The van der Waals surface area contributed by atoms with Gasteiger partial charge in [0.1, 0.15) is 17.6 Å². The Morgan fingerprint density at radius 3 is 2.64 bits per heavy atom. The van der Waals surface area contributed by atoms with Gasteiger partial charge in [0.05, 0.1) is 19.1 Å². The highest BCUT2D eigenvalue weighted by Gasteiger charge is 2.39. The van der Waals surface area contributed by atoms with E-state index in [9.17, 15) is 9.59 Å². The van der Waals surface area contributed by atoms with Crippen molar-refractivity contribution in [3.05, 3.63) is 23.7 Å². The smallest absolute Gasteiger partial charge is 0.228 e. The van der Waals surface area contributed by atoms with Crippen LogP contribution in [0.2, 0.25) is 0 Å². The molecule has 0 radical (unpaired) electrons. The van der Waals surface area contributed by atoms with Crippen LogP contribution in [0.15, 0.2) is 16.5 Å². The molecule has 3 aliphatic rings. The minimum absolute atomic E-state index is 0.104. The average Bonchev–Trinajstić information content (AvgIpc) is 3.41. The molecule has 0 unspecified atom stereocenters. The second-order valence-electron chi connectivity index (χ2n) is 7.47. The number of carbonyl (C=O) groups is 2. The second kappa shape index (κ2) is 6.83. The summed E-state index contributed by atoms with van der Waals surface area (Å²) in [4.78, 5) is 29.4. The molecule has 1 aromatic heterocycles. The summed E-state index contributed by atoms with van der Waals surface area (Å²) in [5, 5.41) is 0. The predicted octanol–water partition coefficient (Wildman–Crippen LogP) is 2.14. The maximum absolute atomic E-state index is 13.2. The molecule has 0 bridgehead atoms. The summed E-state index contributed by atoms with van der Waals surface area (Å²) in [7, 11) is 0. The number of aryl methyl sites for hydroxylation is 1. The molecule has 4 rings (SSSR count). The Morgan fingerprint density at radius 2 is 1.92 bits per heavy atom. The zero-order valence-electron chi connectivity index (χ0n) is 14.8. The Kier molecular flexibility index (Phi) is 4.54. The molecule has 6 heteroatoms. The molecule has 136 valence electrons. The minimum atomic E-state index is -0.163. The lowest BCUT2D eigenvalue weighted by Gasteiger charge is -2.39. The number of ether oxygens (including phenoxy) is 1. The molecule has 3 heterocycles. The lowest BCUT2D eigenvalue weighted by Crippen LogP contribution is -2.50. The normalized spacial score (nSPS) is 27.4. The highest BCUT2D eigenvalue weighted by Crippen LogP contribution is 2.34. The van der Waals surface area contributed by atoms with Gasteiger partial charge in [0.25, 0.3) is 0 Å². The van der Waals surface area contributed by atoms with E-state index >= 15 is 0 Å². The highest BCUT2D eigenvalue weighted by atomic mass is 16.5. The van der Waals surface area contributed by atoms with Gasteiger partial charge in [-0.25, -0.2) is 0 Å². The van der Waals surface area contributed by atoms with Gasteiger partial charge in [-0.05, 0) is 44.7 Å². The van der Waals surface area contributed by atoms with Gasteiger partial charge in [0, 0.05) is 25.6 Å². The zero-order chi connectivity index (χ0) is 17.4. The Labute approximate surface area is 148 Å². The summed E-state index contributed by atoms with van der Waals surface area (Å²) in [5.41, 5.74) is 0. The van der Waals surface area contributed by atoms with Crippen molar-refractivity contribution in [3.8, 4) is 0 Å². The summed E-state index contributed by atoms with van der Waals surface area (Å²) < 4.78 is 11.3. The fraction of sp³-hybridized carbons (Fsp3) is 0.684. The van der Waals surface area contributed by atoms with E-state index in [0.29, 0.717) is 26.3 Å². The van der Waals surface area contributed by atoms with Gasteiger partial charge in [-0.2, -0.15) is 0 Å². The summed E-state index contributed by atoms with van der Waals surface area (Å²) in [6.07, 6.45) is 3.78. The molecule has 25 heavy (non-hydrogen) atoms. The quantitative estimate of drug-likeness (QED) is 0.841. The highest BCUT2D eigenvalue weighted by molar-refractivity contribution is 5.83. The van der Waals surface area contributed by atoms with Crippen LogP contribution in [0.25, 0.3) is 0 Å². The molecule has 0 spiro atoms. The summed E-state index contributed by atoms with van der Waals surface area (Å²) in [6.45, 7) is 4.87. The molecule has 3 fully saturated rings. The summed E-state index contributed by atoms with van der Waals surface area (Å²) >= 11 is 0. The van der Waals surface area contributed by atoms with Crippen LogP contribution in [0.1, 0.15) is 43.2 Å². The Balaban J connectivity index is 1.46. The average molecular weight is 346 g/mol. The van der Waals surface area contributed by atoms with Crippen molar-refractivity contribution < 1.29 is 18.7 Å². The molecular weight excluding hydrogens is 320 g/mol. The molecule has 1 saturated carbocycles. The number of furan rings is 1. The Hall–Kier alpha value is -1.82. The number of hydrogen-bond acceptors (Lipinski definition) is 4. The number of carbonyl (C=O) groups excluding carboxylic acids is 2. The van der Waals surface area contributed by atoms with Gasteiger partial charge in [0.15, 0.2) is 0 Å². The molecule has 0 N–H and O–H groups in total. The number of piperidine rings is 1. The third kappa shape index (κ3) is 3.45. The standard InChI is InChI=1S/C19H26N2O4/c1-13-4-7-17(25-13)16-12-24-10-9-21(16)19(23)15-3-2-8-20(11-15)18(22)14-5-6-14/h4,7,14-16H,2-3,5-6,8-12H2,1H3/t15-,16-/m0/s1. The number of likely N-dealkylation sites (tertiary alicyclic amines) is 1. The van der Waals surface area contributed by atoms with Crippen LogP contribution in [0.5, 0.6) is 0 Å². The Morgan fingerprint density at radius 1 is 1.08 bits per heavy atom. The molecule has 2 atom stereocenters. The van der Waals surface area contributed by atoms with Gasteiger partial charge in [0.2, 0.25) is 11.8 Å². The molecule has 0 aromatic carbocycles. The van der Waals surface area contributed by atoms with Crippen LogP contribution in [0.3, 0.4) is 0 Å². The van der Waals surface area contributed by atoms with Gasteiger partial charge in [-0.1, -0.05) is 0 Å². The van der Waals surface area contributed by atoms with Crippen molar-refractivity contribution in [2.45, 2.75) is 38.6 Å². The SMILES string of the molecule is Cc1ccc([C@@H]2COCCN2C(=O)[C@H]2CCCN(C(=O)C3CC3)C2)o1. The van der Waals surface area contributed by atoms with E-state index in [1.54, 1.807) is 0 Å². The lowest BCUT2D eigenvalue weighted by atomic mass is 9.95. The van der Waals surface area contributed by atoms with Gasteiger partial charge in [-0.3, -0.25) is 9.59 Å². The van der Waals surface area contributed by atoms with Crippen LogP contribution in [-0.4, -0.2) is 54.5 Å². The molecule has 1 aliphatic carbocycles. The maximum Gasteiger partial charge on any atom is 0.228 e. The van der Waals surface area contributed by atoms with E-state index in [2.05, 4.69) is 0 Å². The van der Waals surface area contributed by atoms with E-state index in [-0.39, 0.29) is 29.7 Å². The zero-order valence-corrected chi connectivity index (χ0v) is 14.8. The van der Waals surface area contributed by atoms with Crippen molar-refractivity contribution >= 4 is 11.8 Å². The van der Waals surface area contributed by atoms with Crippen molar-refractivity contribution in [1.82, 2.24) is 9.80 Å². The first-order valence-electron chi connectivity index (χ1n) is 9.37. The Bertz CT molecular complexity index is 652. The fourth-order valence-electron chi connectivity index (χ4n) is 3.94. The number of nitrogens with zero attached hydrogens (tertiary/aromatic N) is 2. The van der Waals surface area contributed by atoms with Crippen LogP contribution >= 0.6 is 0 Å². The number of rotatable bonds is 3.